The highest BCUT2D eigenvalue weighted by Gasteiger charge is 2.23. The van der Waals surface area contributed by atoms with Crippen LogP contribution in [0.25, 0.3) is 0 Å². The van der Waals surface area contributed by atoms with Crippen LogP contribution in [0, 0.1) is 5.92 Å². The van der Waals surface area contributed by atoms with Gasteiger partial charge in [0.05, 0.1) is 11.4 Å². The summed E-state index contributed by atoms with van der Waals surface area (Å²) in [5, 5.41) is 0. The Morgan fingerprint density at radius 3 is 2.43 bits per heavy atom. The van der Waals surface area contributed by atoms with E-state index < -0.39 is 10.0 Å². The standard InChI is InChI=1S/C15H26N2O3S/c1-12(2)11-13(3)17(4)21(18,19)10-9-20-15-8-6-5-7-14(15)16/h5-8,12-13H,9-11,16H2,1-4H3. The Labute approximate surface area is 128 Å². The van der Waals surface area contributed by atoms with Crippen molar-refractivity contribution < 1.29 is 13.2 Å². The molecule has 0 fully saturated rings. The second-order valence-electron chi connectivity index (χ2n) is 5.70. The van der Waals surface area contributed by atoms with Crippen LogP contribution in [0.15, 0.2) is 24.3 Å². The maximum absolute atomic E-state index is 12.2. The van der Waals surface area contributed by atoms with Gasteiger partial charge in [-0.05, 0) is 31.4 Å². The zero-order valence-corrected chi connectivity index (χ0v) is 14.1. The van der Waals surface area contributed by atoms with E-state index in [1.807, 2.05) is 6.92 Å². The van der Waals surface area contributed by atoms with Gasteiger partial charge in [-0.15, -0.1) is 0 Å². The van der Waals surface area contributed by atoms with Gasteiger partial charge >= 0.3 is 0 Å². The van der Waals surface area contributed by atoms with Crippen molar-refractivity contribution in [1.82, 2.24) is 4.31 Å². The van der Waals surface area contributed by atoms with Crippen LogP contribution in [0.3, 0.4) is 0 Å². The Morgan fingerprint density at radius 2 is 1.86 bits per heavy atom. The van der Waals surface area contributed by atoms with E-state index in [-0.39, 0.29) is 18.4 Å². The number of hydrogen-bond acceptors (Lipinski definition) is 4. The Hall–Kier alpha value is -1.27. The highest BCUT2D eigenvalue weighted by Crippen LogP contribution is 2.20. The first-order valence-electron chi connectivity index (χ1n) is 7.17. The number of hydrogen-bond donors (Lipinski definition) is 1. The van der Waals surface area contributed by atoms with Crippen molar-refractivity contribution in [3.05, 3.63) is 24.3 Å². The number of para-hydroxylation sites is 2. The second-order valence-corrected chi connectivity index (χ2v) is 7.85. The van der Waals surface area contributed by atoms with Crippen LogP contribution in [-0.2, 0) is 10.0 Å². The fourth-order valence-corrected chi connectivity index (χ4v) is 3.33. The van der Waals surface area contributed by atoms with E-state index in [2.05, 4.69) is 13.8 Å². The number of nitrogens with two attached hydrogens (primary N) is 1. The molecule has 120 valence electrons. The van der Waals surface area contributed by atoms with E-state index in [4.69, 9.17) is 10.5 Å². The smallest absolute Gasteiger partial charge is 0.217 e. The molecular weight excluding hydrogens is 288 g/mol. The third-order valence-corrected chi connectivity index (χ3v) is 5.31. The Morgan fingerprint density at radius 1 is 1.24 bits per heavy atom. The molecule has 2 N–H and O–H groups in total. The van der Waals surface area contributed by atoms with Crippen molar-refractivity contribution in [2.24, 2.45) is 5.92 Å². The molecule has 0 aromatic heterocycles. The lowest BCUT2D eigenvalue weighted by molar-refractivity contribution is 0.319. The predicted molar refractivity (Wildman–Crippen MR) is 86.8 cm³/mol. The van der Waals surface area contributed by atoms with E-state index in [9.17, 15) is 8.42 Å². The summed E-state index contributed by atoms with van der Waals surface area (Å²) >= 11 is 0. The maximum atomic E-state index is 12.2. The molecule has 0 saturated heterocycles. The lowest BCUT2D eigenvalue weighted by Gasteiger charge is -2.25. The number of sulfonamides is 1. The van der Waals surface area contributed by atoms with Crippen molar-refractivity contribution in [3.8, 4) is 5.75 Å². The zero-order chi connectivity index (χ0) is 16.0. The van der Waals surface area contributed by atoms with Gasteiger partial charge in [0.15, 0.2) is 0 Å². The summed E-state index contributed by atoms with van der Waals surface area (Å²) in [7, 11) is -1.70. The minimum Gasteiger partial charge on any atom is -0.490 e. The summed E-state index contributed by atoms with van der Waals surface area (Å²) in [5.41, 5.74) is 6.26. The van der Waals surface area contributed by atoms with Crippen LogP contribution in [0.4, 0.5) is 5.69 Å². The van der Waals surface area contributed by atoms with Gasteiger partial charge in [-0.3, -0.25) is 0 Å². The lowest BCUT2D eigenvalue weighted by atomic mass is 10.1. The van der Waals surface area contributed by atoms with Crippen LogP contribution >= 0.6 is 0 Å². The van der Waals surface area contributed by atoms with E-state index in [1.165, 1.54) is 4.31 Å². The summed E-state index contributed by atoms with van der Waals surface area (Å²) < 4.78 is 31.4. The molecule has 21 heavy (non-hydrogen) atoms. The van der Waals surface area contributed by atoms with E-state index in [0.717, 1.165) is 6.42 Å². The fourth-order valence-electron chi connectivity index (χ4n) is 2.12. The molecule has 0 aliphatic carbocycles. The van der Waals surface area contributed by atoms with Crippen LogP contribution in [0.5, 0.6) is 5.75 Å². The molecule has 1 rings (SSSR count). The number of nitrogens with zero attached hydrogens (tertiary/aromatic N) is 1. The quantitative estimate of drug-likeness (QED) is 0.748. The maximum Gasteiger partial charge on any atom is 0.217 e. The molecule has 1 aromatic carbocycles. The molecule has 0 spiro atoms. The third kappa shape index (κ3) is 5.55. The van der Waals surface area contributed by atoms with E-state index in [0.29, 0.717) is 17.4 Å². The van der Waals surface area contributed by atoms with Crippen molar-refractivity contribution in [2.75, 3.05) is 25.1 Å². The molecule has 0 amide bonds. The van der Waals surface area contributed by atoms with Gasteiger partial charge in [-0.25, -0.2) is 12.7 Å². The molecule has 1 aromatic rings. The molecular formula is C15H26N2O3S. The highest BCUT2D eigenvalue weighted by atomic mass is 32.2. The summed E-state index contributed by atoms with van der Waals surface area (Å²) in [6.07, 6.45) is 0.836. The van der Waals surface area contributed by atoms with Crippen molar-refractivity contribution in [1.29, 1.82) is 0 Å². The highest BCUT2D eigenvalue weighted by molar-refractivity contribution is 7.89. The molecule has 0 saturated carbocycles. The molecule has 5 nitrogen and oxygen atoms in total. The SMILES string of the molecule is CC(C)CC(C)N(C)S(=O)(=O)CCOc1ccccc1N. The van der Waals surface area contributed by atoms with Crippen molar-refractivity contribution >= 4 is 15.7 Å². The lowest BCUT2D eigenvalue weighted by Crippen LogP contribution is -2.38. The van der Waals surface area contributed by atoms with Gasteiger partial charge in [0.2, 0.25) is 10.0 Å². The van der Waals surface area contributed by atoms with Crippen LogP contribution in [-0.4, -0.2) is 38.2 Å². The average Bonchev–Trinajstić information content (AvgIpc) is 2.39. The van der Waals surface area contributed by atoms with Crippen LogP contribution < -0.4 is 10.5 Å². The Kier molecular flexibility index (Phi) is 6.48. The molecule has 6 heteroatoms. The minimum absolute atomic E-state index is 0.0169. The molecule has 0 aliphatic heterocycles. The summed E-state index contributed by atoms with van der Waals surface area (Å²) in [5.74, 6) is 0.920. The molecule has 0 bridgehead atoms. The van der Waals surface area contributed by atoms with Crippen LogP contribution in [0.2, 0.25) is 0 Å². The monoisotopic (exact) mass is 314 g/mol. The number of anilines is 1. The Balaban J connectivity index is 2.55. The van der Waals surface area contributed by atoms with Gasteiger partial charge in [-0.1, -0.05) is 26.0 Å². The first-order valence-corrected chi connectivity index (χ1v) is 8.78. The molecule has 1 atom stereocenters. The van der Waals surface area contributed by atoms with Gasteiger partial charge in [-0.2, -0.15) is 0 Å². The van der Waals surface area contributed by atoms with Crippen molar-refractivity contribution in [2.45, 2.75) is 33.2 Å². The first-order chi connectivity index (χ1) is 9.74. The predicted octanol–water partition coefficient (Wildman–Crippen LogP) is 2.34. The average molecular weight is 314 g/mol. The molecule has 0 heterocycles. The fraction of sp³-hybridized carbons (Fsp3) is 0.600. The first kappa shape index (κ1) is 17.8. The summed E-state index contributed by atoms with van der Waals surface area (Å²) in [6, 6.07) is 7.04. The number of nitrogen functional groups attached to an aromatic ring is 1. The van der Waals surface area contributed by atoms with Crippen LogP contribution in [0.1, 0.15) is 27.2 Å². The summed E-state index contributed by atoms with van der Waals surface area (Å²) in [4.78, 5) is 0. The number of ether oxygens (including phenoxy) is 1. The Bertz CT molecular complexity index is 544. The van der Waals surface area contributed by atoms with E-state index >= 15 is 0 Å². The largest absolute Gasteiger partial charge is 0.490 e. The van der Waals surface area contributed by atoms with Gasteiger partial charge in [0.25, 0.3) is 0 Å². The van der Waals surface area contributed by atoms with Gasteiger partial charge in [0, 0.05) is 13.1 Å². The summed E-state index contributed by atoms with van der Waals surface area (Å²) in [6.45, 7) is 6.18. The third-order valence-electron chi connectivity index (χ3n) is 3.39. The normalized spacial score (nSPS) is 13.6. The molecule has 0 radical (unpaired) electrons. The second kappa shape index (κ2) is 7.66. The van der Waals surface area contributed by atoms with Crippen molar-refractivity contribution in [3.63, 3.8) is 0 Å². The zero-order valence-electron chi connectivity index (χ0n) is 13.2. The molecule has 1 unspecified atom stereocenters. The number of benzene rings is 1. The van der Waals surface area contributed by atoms with Gasteiger partial charge < -0.3 is 10.5 Å². The number of rotatable bonds is 8. The van der Waals surface area contributed by atoms with E-state index in [1.54, 1.807) is 31.3 Å². The topological polar surface area (TPSA) is 72.6 Å². The van der Waals surface area contributed by atoms with Gasteiger partial charge in [0.1, 0.15) is 12.4 Å². The molecule has 0 aliphatic rings. The minimum atomic E-state index is -3.32.